The van der Waals surface area contributed by atoms with Crippen molar-refractivity contribution >= 4 is 40.3 Å². The largest absolute Gasteiger partial charge is 0.391 e. The second kappa shape index (κ2) is 9.12. The number of anilines is 1. The van der Waals surface area contributed by atoms with E-state index in [1.54, 1.807) is 16.7 Å². The van der Waals surface area contributed by atoms with Crippen molar-refractivity contribution in [1.29, 1.82) is 0 Å². The summed E-state index contributed by atoms with van der Waals surface area (Å²) in [6.07, 6.45) is 1.52. The first-order chi connectivity index (χ1) is 15.5. The van der Waals surface area contributed by atoms with Crippen LogP contribution in [0.4, 0.5) is 5.82 Å². The fraction of sp³-hybridized carbons (Fsp3) is 0.476. The van der Waals surface area contributed by atoms with Crippen LogP contribution in [-0.2, 0) is 4.74 Å². The molecule has 2 aliphatic rings. The van der Waals surface area contributed by atoms with Gasteiger partial charge in [-0.15, -0.1) is 11.8 Å². The minimum atomic E-state index is -1.13. The summed E-state index contributed by atoms with van der Waals surface area (Å²) in [5, 5.41) is 35.3. The highest BCUT2D eigenvalue weighted by Gasteiger charge is 2.44. The summed E-state index contributed by atoms with van der Waals surface area (Å²) in [4.78, 5) is 14.0. The Kier molecular flexibility index (Phi) is 6.24. The van der Waals surface area contributed by atoms with E-state index in [2.05, 4.69) is 20.3 Å². The topological polar surface area (TPSA) is 126 Å². The molecular formula is C21H24ClN5O4S. The number of nitrogens with zero attached hydrogens (tertiary/aromatic N) is 4. The van der Waals surface area contributed by atoms with Crippen molar-refractivity contribution in [1.82, 2.24) is 19.5 Å². The molecular weight excluding hydrogens is 454 g/mol. The van der Waals surface area contributed by atoms with Crippen LogP contribution in [0.15, 0.2) is 41.8 Å². The number of aliphatic hydroxyl groups excluding tert-OH is 3. The smallest absolute Gasteiger partial charge is 0.167 e. The summed E-state index contributed by atoms with van der Waals surface area (Å²) in [7, 11) is 0. The molecule has 5 rings (SSSR count). The van der Waals surface area contributed by atoms with Crippen molar-refractivity contribution < 1.29 is 20.1 Å². The third-order valence-corrected chi connectivity index (χ3v) is 7.35. The van der Waals surface area contributed by atoms with Gasteiger partial charge in [0.1, 0.15) is 18.5 Å². The van der Waals surface area contributed by atoms with Gasteiger partial charge >= 0.3 is 0 Å². The molecule has 32 heavy (non-hydrogen) atoms. The zero-order valence-electron chi connectivity index (χ0n) is 17.1. The number of hydrogen-bond acceptors (Lipinski definition) is 9. The summed E-state index contributed by atoms with van der Waals surface area (Å²) in [6, 6.07) is 7.33. The lowest BCUT2D eigenvalue weighted by Gasteiger charge is -2.18. The first-order valence-corrected chi connectivity index (χ1v) is 11.9. The second-order valence-corrected chi connectivity index (χ2v) is 9.64. The number of fused-ring (bicyclic) bond motifs is 1. The highest BCUT2D eigenvalue weighted by atomic mass is 35.5. The molecule has 0 bridgehead atoms. The lowest BCUT2D eigenvalue weighted by atomic mass is 10.1. The van der Waals surface area contributed by atoms with E-state index in [1.807, 2.05) is 12.1 Å². The van der Waals surface area contributed by atoms with Gasteiger partial charge in [0.05, 0.1) is 24.6 Å². The van der Waals surface area contributed by atoms with Gasteiger partial charge in [0.25, 0.3) is 0 Å². The van der Waals surface area contributed by atoms with Crippen molar-refractivity contribution in [3.8, 4) is 0 Å². The van der Waals surface area contributed by atoms with Crippen LogP contribution in [0.5, 0.6) is 0 Å². The van der Waals surface area contributed by atoms with Gasteiger partial charge in [-0.1, -0.05) is 11.6 Å². The Hall–Kier alpha value is -1.95. The van der Waals surface area contributed by atoms with Gasteiger partial charge in [-0.05, 0) is 43.5 Å². The molecule has 3 heterocycles. The average Bonchev–Trinajstić information content (AvgIpc) is 3.47. The monoisotopic (exact) mass is 477 g/mol. The molecule has 1 aromatic carbocycles. The zero-order valence-corrected chi connectivity index (χ0v) is 18.7. The molecule has 1 aliphatic heterocycles. The maximum Gasteiger partial charge on any atom is 0.167 e. The maximum atomic E-state index is 10.7. The molecule has 1 saturated heterocycles. The Morgan fingerprint density at radius 2 is 1.91 bits per heavy atom. The van der Waals surface area contributed by atoms with Gasteiger partial charge in [0.2, 0.25) is 0 Å². The van der Waals surface area contributed by atoms with Crippen molar-refractivity contribution in [3.63, 3.8) is 0 Å². The minimum absolute atomic E-state index is 0.0809. The lowest BCUT2D eigenvalue weighted by Crippen LogP contribution is -2.32. The van der Waals surface area contributed by atoms with Gasteiger partial charge in [-0.2, -0.15) is 0 Å². The lowest BCUT2D eigenvalue weighted by molar-refractivity contribution is -0.0289. The minimum Gasteiger partial charge on any atom is -0.391 e. The summed E-state index contributed by atoms with van der Waals surface area (Å²) in [5.41, 5.74) is 1.01. The van der Waals surface area contributed by atoms with Crippen LogP contribution in [0.2, 0.25) is 5.02 Å². The fourth-order valence-corrected chi connectivity index (χ4v) is 5.32. The molecule has 6 atom stereocenters. The number of aromatic nitrogens is 4. The van der Waals surface area contributed by atoms with Gasteiger partial charge in [-0.3, -0.25) is 4.57 Å². The normalized spacial score (nSPS) is 30.2. The van der Waals surface area contributed by atoms with E-state index in [9.17, 15) is 15.3 Å². The van der Waals surface area contributed by atoms with Crippen molar-refractivity contribution in [2.45, 2.75) is 60.8 Å². The molecule has 4 N–H and O–H groups in total. The third-order valence-electron chi connectivity index (χ3n) is 6.00. The first kappa shape index (κ1) is 21.9. The van der Waals surface area contributed by atoms with Crippen LogP contribution in [-0.4, -0.2) is 71.0 Å². The molecule has 11 heteroatoms. The van der Waals surface area contributed by atoms with E-state index in [1.165, 1.54) is 24.4 Å². The van der Waals surface area contributed by atoms with Crippen LogP contribution < -0.4 is 5.32 Å². The molecule has 1 saturated carbocycles. The number of hydrogen-bond donors (Lipinski definition) is 4. The maximum absolute atomic E-state index is 10.7. The molecule has 2 fully saturated rings. The predicted molar refractivity (Wildman–Crippen MR) is 121 cm³/mol. The van der Waals surface area contributed by atoms with Crippen LogP contribution in [0.3, 0.4) is 0 Å². The van der Waals surface area contributed by atoms with Crippen molar-refractivity contribution in [2.75, 3.05) is 11.1 Å². The highest BCUT2D eigenvalue weighted by molar-refractivity contribution is 7.99. The second-order valence-electron chi connectivity index (χ2n) is 8.11. The standard InChI is InChI=1S/C21H24ClN5O4S/c22-11-4-6-12(7-5-11)32-8-15-17(29)18(30)21(31-15)27-10-25-16-19(23-9-24-20(16)27)26-13-2-1-3-14(13)28/h4-7,9-10,13-15,17-18,21,28-30H,1-3,8H2,(H,23,24,26)/t13-,14-,15-,17-,18-,21+/m1/s1. The van der Waals surface area contributed by atoms with Crippen molar-refractivity contribution in [3.05, 3.63) is 41.9 Å². The number of halogens is 1. The summed E-state index contributed by atoms with van der Waals surface area (Å²) < 4.78 is 7.65. The SMILES string of the molecule is O[C@@H]1[C@H](O)[C@@H](CSc2ccc(Cl)cc2)O[C@@H]1n1cnc2c(N[C@@H]3CCC[C@H]3O)ncnc21. The Balaban J connectivity index is 1.33. The van der Waals surface area contributed by atoms with Gasteiger partial charge < -0.3 is 25.4 Å². The summed E-state index contributed by atoms with van der Waals surface area (Å²) >= 11 is 7.44. The van der Waals surface area contributed by atoms with E-state index < -0.39 is 30.6 Å². The van der Waals surface area contributed by atoms with Crippen molar-refractivity contribution in [2.24, 2.45) is 0 Å². The van der Waals surface area contributed by atoms with Crippen LogP contribution in [0.25, 0.3) is 11.2 Å². The number of rotatable bonds is 6. The molecule has 0 amide bonds. The van der Waals surface area contributed by atoms with Gasteiger partial charge in [-0.25, -0.2) is 15.0 Å². The van der Waals surface area contributed by atoms with E-state index >= 15 is 0 Å². The summed E-state index contributed by atoms with van der Waals surface area (Å²) in [6.45, 7) is 0. The number of ether oxygens (including phenoxy) is 1. The average molecular weight is 478 g/mol. The van der Waals surface area contributed by atoms with E-state index in [0.29, 0.717) is 27.8 Å². The van der Waals surface area contributed by atoms with E-state index in [4.69, 9.17) is 16.3 Å². The number of benzene rings is 1. The van der Waals surface area contributed by atoms with Gasteiger partial charge in [0, 0.05) is 15.7 Å². The molecule has 0 spiro atoms. The molecule has 2 aromatic heterocycles. The highest BCUT2D eigenvalue weighted by Crippen LogP contribution is 2.35. The molecule has 170 valence electrons. The van der Waals surface area contributed by atoms with E-state index in [0.717, 1.165) is 24.2 Å². The molecule has 0 radical (unpaired) electrons. The Morgan fingerprint density at radius 1 is 1.09 bits per heavy atom. The number of aliphatic hydroxyl groups is 3. The first-order valence-electron chi connectivity index (χ1n) is 10.5. The predicted octanol–water partition coefficient (Wildman–Crippen LogP) is 2.22. The van der Waals surface area contributed by atoms with E-state index in [-0.39, 0.29) is 6.04 Å². The fourth-order valence-electron chi connectivity index (χ4n) is 4.23. The Bertz CT molecular complexity index is 1080. The molecule has 3 aromatic rings. The van der Waals surface area contributed by atoms with Crippen LogP contribution in [0.1, 0.15) is 25.5 Å². The summed E-state index contributed by atoms with van der Waals surface area (Å²) in [5.74, 6) is 0.993. The quantitative estimate of drug-likeness (QED) is 0.395. The molecule has 9 nitrogen and oxygen atoms in total. The zero-order chi connectivity index (χ0) is 22.2. The van der Waals surface area contributed by atoms with Crippen LogP contribution in [0, 0.1) is 0 Å². The number of nitrogens with one attached hydrogen (secondary N) is 1. The Morgan fingerprint density at radius 3 is 2.66 bits per heavy atom. The molecule has 1 aliphatic carbocycles. The number of imidazole rings is 1. The third kappa shape index (κ3) is 4.18. The van der Waals surface area contributed by atoms with Crippen LogP contribution >= 0.6 is 23.4 Å². The Labute approximate surface area is 193 Å². The molecule has 0 unspecified atom stereocenters. The number of thioether (sulfide) groups is 1. The van der Waals surface area contributed by atoms with Gasteiger partial charge in [0.15, 0.2) is 23.2 Å².